The lowest BCUT2D eigenvalue weighted by molar-refractivity contribution is -0.290. The molecule has 0 radical (unpaired) electrons. The van der Waals surface area contributed by atoms with Crippen molar-refractivity contribution < 1.29 is 45.1 Å². The van der Waals surface area contributed by atoms with Crippen LogP contribution in [0.2, 0.25) is 0 Å². The van der Waals surface area contributed by atoms with Crippen molar-refractivity contribution in [2.75, 3.05) is 13.2 Å². The van der Waals surface area contributed by atoms with Gasteiger partial charge in [-0.3, -0.25) is 20.2 Å². The Morgan fingerprint density at radius 1 is 1.20 bits per heavy atom. The lowest BCUT2D eigenvalue weighted by Crippen LogP contribution is -2.43. The fraction of sp³-hybridized carbons (Fsp3) is 0.588. The van der Waals surface area contributed by atoms with E-state index in [0.29, 0.717) is 12.8 Å². The Morgan fingerprint density at radius 3 is 2.40 bits per heavy atom. The van der Waals surface area contributed by atoms with Crippen LogP contribution >= 0.6 is 0 Å². The van der Waals surface area contributed by atoms with Crippen molar-refractivity contribution >= 4 is 11.8 Å². The van der Waals surface area contributed by atoms with Gasteiger partial charge in [-0.1, -0.05) is 6.07 Å². The molecule has 13 heteroatoms. The summed E-state index contributed by atoms with van der Waals surface area (Å²) in [6.07, 6.45) is -5.37. The van der Waals surface area contributed by atoms with Crippen LogP contribution in [-0.2, 0) is 4.79 Å². The minimum absolute atomic E-state index is 0.157. The van der Waals surface area contributed by atoms with E-state index in [4.69, 9.17) is 0 Å². The van der Waals surface area contributed by atoms with E-state index in [9.17, 15) is 40.3 Å². The van der Waals surface area contributed by atoms with Gasteiger partial charge in [-0.05, 0) is 24.8 Å². The number of carbonyl (C=O) groups is 2. The van der Waals surface area contributed by atoms with Crippen LogP contribution < -0.4 is 15.4 Å². The van der Waals surface area contributed by atoms with E-state index in [1.165, 1.54) is 6.07 Å². The van der Waals surface area contributed by atoms with Crippen LogP contribution in [0.5, 0.6) is 5.88 Å². The highest BCUT2D eigenvalue weighted by Gasteiger charge is 2.58. The van der Waals surface area contributed by atoms with Crippen LogP contribution in [0, 0.1) is 0 Å². The van der Waals surface area contributed by atoms with Gasteiger partial charge in [-0.2, -0.15) is 22.0 Å². The Hall–Kier alpha value is -2.44. The van der Waals surface area contributed by atoms with E-state index in [1.807, 2.05) is 5.32 Å². The van der Waals surface area contributed by atoms with Crippen molar-refractivity contribution in [2.24, 2.45) is 0 Å². The van der Waals surface area contributed by atoms with E-state index in [1.54, 1.807) is 0 Å². The van der Waals surface area contributed by atoms with Crippen molar-refractivity contribution in [1.29, 1.82) is 0 Å². The van der Waals surface area contributed by atoms with Crippen LogP contribution in [0.15, 0.2) is 12.1 Å². The molecule has 1 saturated carbocycles. The van der Waals surface area contributed by atoms with E-state index in [-0.39, 0.29) is 11.5 Å². The smallest absolute Gasteiger partial charge is 0.456 e. The number of alkyl halides is 7. The number of hydrogen-bond donors (Lipinski definition) is 2. The van der Waals surface area contributed by atoms with E-state index in [0.717, 1.165) is 6.07 Å². The first-order chi connectivity index (χ1) is 13.8. The molecule has 1 saturated heterocycles. The summed E-state index contributed by atoms with van der Waals surface area (Å²) in [5, 5.41) is 4.09. The third-order valence-electron chi connectivity index (χ3n) is 4.61. The van der Waals surface area contributed by atoms with Gasteiger partial charge in [-0.25, -0.2) is 13.8 Å². The Balaban J connectivity index is 1.72. The molecule has 2 heterocycles. The monoisotopic (exact) mass is 443 g/mol. The van der Waals surface area contributed by atoms with Crippen LogP contribution in [-0.4, -0.2) is 54.0 Å². The maximum Gasteiger partial charge on any atom is 0.456 e. The third-order valence-corrected chi connectivity index (χ3v) is 4.61. The maximum absolute atomic E-state index is 13.2. The number of amides is 2. The quantitative estimate of drug-likeness (QED) is 0.522. The summed E-state index contributed by atoms with van der Waals surface area (Å²) in [5.41, 5.74) is -0.240. The molecule has 3 rings (SSSR count). The second-order valence-electron chi connectivity index (χ2n) is 7.17. The molecule has 0 spiro atoms. The number of aromatic nitrogens is 1. The first-order valence-electron chi connectivity index (χ1n) is 8.84. The molecule has 1 aliphatic heterocycles. The molecule has 166 valence electrons. The van der Waals surface area contributed by atoms with E-state index in [2.05, 4.69) is 15.0 Å². The standard InChI is InChI=1S/C17H16F7N3O3/c18-15(19)5-11(25-6-15)13(29)27-12(28)10-4-3-9(8-1-2-8)14(26-10)30-7-16(20,21)17(22,23)24/h3-4,8,11,25H,1-2,5-7H2,(H,27,28,29)/t11-/m1/s1. The number of carbonyl (C=O) groups excluding carboxylic acids is 2. The number of ether oxygens (including phenoxy) is 1. The molecule has 1 aliphatic carbocycles. The summed E-state index contributed by atoms with van der Waals surface area (Å²) in [6, 6.07) is 1.10. The number of nitrogens with zero attached hydrogens (tertiary/aromatic N) is 1. The number of pyridine rings is 1. The topological polar surface area (TPSA) is 80.3 Å². The molecule has 6 nitrogen and oxygen atoms in total. The molecule has 30 heavy (non-hydrogen) atoms. The normalized spacial score (nSPS) is 21.4. The minimum Gasteiger partial charge on any atom is -0.471 e. The molecule has 2 N–H and O–H groups in total. The molecule has 0 aromatic carbocycles. The molecule has 0 unspecified atom stereocenters. The highest BCUT2D eigenvalue weighted by molar-refractivity contribution is 6.05. The largest absolute Gasteiger partial charge is 0.471 e. The van der Waals surface area contributed by atoms with Gasteiger partial charge in [0, 0.05) is 12.0 Å². The molecule has 1 aromatic heterocycles. The highest BCUT2D eigenvalue weighted by atomic mass is 19.4. The molecular weight excluding hydrogens is 427 g/mol. The lowest BCUT2D eigenvalue weighted by Gasteiger charge is -2.20. The second kappa shape index (κ2) is 7.67. The number of halogens is 7. The van der Waals surface area contributed by atoms with Gasteiger partial charge in [-0.15, -0.1) is 0 Å². The third kappa shape index (κ3) is 4.99. The average Bonchev–Trinajstić information content (AvgIpc) is 3.41. The first-order valence-corrected chi connectivity index (χ1v) is 8.84. The fourth-order valence-electron chi connectivity index (χ4n) is 2.80. The predicted molar refractivity (Wildman–Crippen MR) is 86.5 cm³/mol. The summed E-state index contributed by atoms with van der Waals surface area (Å²) in [7, 11) is 0. The van der Waals surface area contributed by atoms with Crippen molar-refractivity contribution in [2.45, 2.75) is 49.2 Å². The summed E-state index contributed by atoms with van der Waals surface area (Å²) in [4.78, 5) is 27.8. The van der Waals surface area contributed by atoms with Crippen molar-refractivity contribution in [3.05, 3.63) is 23.4 Å². The Kier molecular flexibility index (Phi) is 5.69. The molecule has 1 atom stereocenters. The van der Waals surface area contributed by atoms with E-state index < -0.39 is 67.0 Å². The van der Waals surface area contributed by atoms with Crippen LogP contribution in [0.4, 0.5) is 30.7 Å². The van der Waals surface area contributed by atoms with Gasteiger partial charge in [0.2, 0.25) is 11.8 Å². The molecule has 2 amide bonds. The zero-order chi connectivity index (χ0) is 22.3. The SMILES string of the molecule is O=C(NC(=O)[C@H]1CC(F)(F)CN1)c1ccc(C2CC2)c(OCC(F)(F)C(F)(F)F)n1. The molecule has 0 bridgehead atoms. The van der Waals surface area contributed by atoms with Gasteiger partial charge >= 0.3 is 12.1 Å². The minimum atomic E-state index is -5.83. The van der Waals surface area contributed by atoms with Gasteiger partial charge in [0.25, 0.3) is 11.8 Å². The lowest BCUT2D eigenvalue weighted by atomic mass is 10.1. The molecular formula is C17H16F7N3O3. The molecule has 2 fully saturated rings. The summed E-state index contributed by atoms with van der Waals surface area (Å²) in [5.74, 6) is -11.2. The Labute approximate surface area is 165 Å². The second-order valence-corrected chi connectivity index (χ2v) is 7.17. The van der Waals surface area contributed by atoms with Gasteiger partial charge < -0.3 is 4.74 Å². The fourth-order valence-corrected chi connectivity index (χ4v) is 2.80. The summed E-state index contributed by atoms with van der Waals surface area (Å²) in [6.45, 7) is -2.77. The van der Waals surface area contributed by atoms with Gasteiger partial charge in [0.05, 0.1) is 12.6 Å². The van der Waals surface area contributed by atoms with Crippen molar-refractivity contribution in [3.8, 4) is 5.88 Å². The highest BCUT2D eigenvalue weighted by Crippen LogP contribution is 2.44. The van der Waals surface area contributed by atoms with Crippen molar-refractivity contribution in [3.63, 3.8) is 0 Å². The number of hydrogen-bond acceptors (Lipinski definition) is 5. The Bertz CT molecular complexity index is 840. The average molecular weight is 443 g/mol. The zero-order valence-corrected chi connectivity index (χ0v) is 15.2. The first kappa shape index (κ1) is 22.2. The summed E-state index contributed by atoms with van der Waals surface area (Å²) >= 11 is 0. The van der Waals surface area contributed by atoms with Crippen LogP contribution in [0.1, 0.15) is 41.2 Å². The predicted octanol–water partition coefficient (Wildman–Crippen LogP) is 2.79. The molecule has 1 aromatic rings. The zero-order valence-electron chi connectivity index (χ0n) is 15.2. The number of imide groups is 1. The van der Waals surface area contributed by atoms with Gasteiger partial charge in [0.15, 0.2) is 6.61 Å². The van der Waals surface area contributed by atoms with Gasteiger partial charge in [0.1, 0.15) is 5.69 Å². The van der Waals surface area contributed by atoms with Crippen LogP contribution in [0.3, 0.4) is 0 Å². The summed E-state index contributed by atoms with van der Waals surface area (Å²) < 4.78 is 94.3. The molecule has 2 aliphatic rings. The van der Waals surface area contributed by atoms with Crippen molar-refractivity contribution in [1.82, 2.24) is 15.6 Å². The Morgan fingerprint density at radius 2 is 1.87 bits per heavy atom. The van der Waals surface area contributed by atoms with Crippen LogP contribution in [0.25, 0.3) is 0 Å². The number of nitrogens with one attached hydrogen (secondary N) is 2. The maximum atomic E-state index is 13.2. The number of rotatable bonds is 6. The van der Waals surface area contributed by atoms with E-state index >= 15 is 0 Å².